The molecular formula is C22H10BrClN2OS. The summed E-state index contributed by atoms with van der Waals surface area (Å²) in [5, 5.41) is 3.44. The largest absolute Gasteiger partial charge is 0.456 e. The highest BCUT2D eigenvalue weighted by Crippen LogP contribution is 2.43. The fraction of sp³-hybridized carbons (Fsp3) is 0. The van der Waals surface area contributed by atoms with Crippen LogP contribution in [0.1, 0.15) is 0 Å². The van der Waals surface area contributed by atoms with Crippen LogP contribution in [0, 0.1) is 0 Å². The van der Waals surface area contributed by atoms with Gasteiger partial charge in [0, 0.05) is 30.9 Å². The molecule has 0 atom stereocenters. The molecule has 0 saturated carbocycles. The highest BCUT2D eigenvalue weighted by atomic mass is 79.9. The highest BCUT2D eigenvalue weighted by Gasteiger charge is 2.19. The van der Waals surface area contributed by atoms with Crippen molar-refractivity contribution in [3.63, 3.8) is 0 Å². The summed E-state index contributed by atoms with van der Waals surface area (Å²) in [4.78, 5) is 9.17. The Morgan fingerprint density at radius 2 is 1.75 bits per heavy atom. The third-order valence-electron chi connectivity index (χ3n) is 4.91. The van der Waals surface area contributed by atoms with Crippen LogP contribution in [-0.2, 0) is 0 Å². The van der Waals surface area contributed by atoms with Gasteiger partial charge in [0.15, 0.2) is 0 Å². The van der Waals surface area contributed by atoms with Gasteiger partial charge >= 0.3 is 0 Å². The lowest BCUT2D eigenvalue weighted by atomic mass is 10.0. The summed E-state index contributed by atoms with van der Waals surface area (Å²) in [5.74, 6) is 0. The van der Waals surface area contributed by atoms with E-state index in [1.807, 2.05) is 36.4 Å². The normalized spacial score (nSPS) is 11.9. The first-order chi connectivity index (χ1) is 13.7. The van der Waals surface area contributed by atoms with E-state index in [4.69, 9.17) is 16.0 Å². The molecule has 28 heavy (non-hydrogen) atoms. The predicted octanol–water partition coefficient (Wildman–Crippen LogP) is 7.83. The second kappa shape index (κ2) is 6.01. The number of nitrogens with zero attached hydrogens (tertiary/aromatic N) is 2. The van der Waals surface area contributed by atoms with E-state index in [2.05, 4.69) is 50.2 Å². The Morgan fingerprint density at radius 3 is 2.68 bits per heavy atom. The Morgan fingerprint density at radius 1 is 0.893 bits per heavy atom. The number of halogens is 2. The predicted molar refractivity (Wildman–Crippen MR) is 120 cm³/mol. The smallest absolute Gasteiger partial charge is 0.223 e. The van der Waals surface area contributed by atoms with Crippen LogP contribution in [0.3, 0.4) is 0 Å². The van der Waals surface area contributed by atoms with Gasteiger partial charge in [-0.1, -0.05) is 52.3 Å². The van der Waals surface area contributed by atoms with Crippen molar-refractivity contribution in [2.75, 3.05) is 0 Å². The van der Waals surface area contributed by atoms with Crippen molar-refractivity contribution < 1.29 is 4.42 Å². The van der Waals surface area contributed by atoms with Gasteiger partial charge in [0.25, 0.3) is 0 Å². The molecule has 0 aliphatic heterocycles. The molecule has 0 amide bonds. The minimum absolute atomic E-state index is 0.245. The molecule has 3 heterocycles. The molecule has 6 aromatic rings. The van der Waals surface area contributed by atoms with Crippen LogP contribution in [0.2, 0.25) is 5.28 Å². The number of hydrogen-bond acceptors (Lipinski definition) is 4. The Hall–Kier alpha value is -2.47. The molecule has 0 bridgehead atoms. The van der Waals surface area contributed by atoms with Gasteiger partial charge in [-0.25, -0.2) is 9.97 Å². The molecule has 134 valence electrons. The Labute approximate surface area is 176 Å². The van der Waals surface area contributed by atoms with Crippen LogP contribution >= 0.6 is 38.9 Å². The summed E-state index contributed by atoms with van der Waals surface area (Å²) in [6.07, 6.45) is 0. The van der Waals surface area contributed by atoms with E-state index < -0.39 is 0 Å². The number of benzene rings is 3. The van der Waals surface area contributed by atoms with Gasteiger partial charge in [-0.3, -0.25) is 0 Å². The van der Waals surface area contributed by atoms with Crippen molar-refractivity contribution in [2.24, 2.45) is 0 Å². The van der Waals surface area contributed by atoms with E-state index in [0.29, 0.717) is 0 Å². The number of para-hydroxylation sites is 1. The first-order valence-electron chi connectivity index (χ1n) is 8.65. The number of rotatable bonds is 1. The number of hydrogen-bond donors (Lipinski definition) is 0. The third kappa shape index (κ3) is 2.33. The van der Waals surface area contributed by atoms with Crippen molar-refractivity contribution in [2.45, 2.75) is 0 Å². The van der Waals surface area contributed by atoms with Gasteiger partial charge in [-0.2, -0.15) is 0 Å². The minimum atomic E-state index is 0.245. The molecule has 0 fully saturated rings. The molecular weight excluding hydrogens is 456 g/mol. The molecule has 6 rings (SSSR count). The number of fused-ring (bicyclic) bond motifs is 6. The van der Waals surface area contributed by atoms with Crippen molar-refractivity contribution >= 4 is 81.1 Å². The van der Waals surface area contributed by atoms with Gasteiger partial charge < -0.3 is 4.42 Å². The van der Waals surface area contributed by atoms with Gasteiger partial charge in [-0.05, 0) is 35.9 Å². The maximum atomic E-state index is 6.36. The molecule has 3 aromatic heterocycles. The zero-order valence-electron chi connectivity index (χ0n) is 14.2. The first kappa shape index (κ1) is 16.5. The average molecular weight is 466 g/mol. The van der Waals surface area contributed by atoms with Crippen LogP contribution in [-0.4, -0.2) is 9.97 Å². The van der Waals surface area contributed by atoms with Crippen LogP contribution in [0.5, 0.6) is 0 Å². The summed E-state index contributed by atoms with van der Waals surface area (Å²) in [5.41, 5.74) is 4.42. The Bertz CT molecular complexity index is 1550. The van der Waals surface area contributed by atoms with E-state index >= 15 is 0 Å². The van der Waals surface area contributed by atoms with Crippen LogP contribution in [0.4, 0.5) is 0 Å². The molecule has 0 aliphatic carbocycles. The number of furan rings is 1. The average Bonchev–Trinajstić information content (AvgIpc) is 3.25. The fourth-order valence-electron chi connectivity index (χ4n) is 3.74. The topological polar surface area (TPSA) is 38.9 Å². The summed E-state index contributed by atoms with van der Waals surface area (Å²) in [7, 11) is 0. The minimum Gasteiger partial charge on any atom is -0.456 e. The summed E-state index contributed by atoms with van der Waals surface area (Å²) >= 11 is 11.6. The molecule has 0 aliphatic rings. The van der Waals surface area contributed by atoms with Crippen molar-refractivity contribution in [3.05, 3.63) is 70.4 Å². The van der Waals surface area contributed by atoms with E-state index in [-0.39, 0.29) is 5.28 Å². The quantitative estimate of drug-likeness (QED) is 0.232. The van der Waals surface area contributed by atoms with E-state index in [1.54, 1.807) is 11.3 Å². The van der Waals surface area contributed by atoms with Gasteiger partial charge in [0.05, 0.1) is 15.9 Å². The summed E-state index contributed by atoms with van der Waals surface area (Å²) in [6, 6.07) is 20.3. The second-order valence-electron chi connectivity index (χ2n) is 6.54. The molecule has 0 N–H and O–H groups in total. The van der Waals surface area contributed by atoms with Gasteiger partial charge in [-0.15, -0.1) is 11.3 Å². The lowest BCUT2D eigenvalue weighted by Crippen LogP contribution is -1.89. The lowest BCUT2D eigenvalue weighted by molar-refractivity contribution is 0.669. The monoisotopic (exact) mass is 464 g/mol. The number of thiophene rings is 1. The third-order valence-corrected chi connectivity index (χ3v) is 6.72. The highest BCUT2D eigenvalue weighted by molar-refractivity contribution is 9.10. The molecule has 3 aromatic carbocycles. The lowest BCUT2D eigenvalue weighted by Gasteiger charge is -2.05. The summed E-state index contributed by atoms with van der Waals surface area (Å²) in [6.45, 7) is 0. The van der Waals surface area contributed by atoms with Crippen LogP contribution in [0.15, 0.2) is 69.6 Å². The van der Waals surface area contributed by atoms with E-state index in [1.165, 1.54) is 0 Å². The SMILES string of the molecule is Clc1nc(-c2cccc3oc4ccccc4c23)c2sc3cc(Br)ccc3c2n1. The Balaban J connectivity index is 1.79. The van der Waals surface area contributed by atoms with E-state index in [0.717, 1.165) is 58.0 Å². The maximum absolute atomic E-state index is 6.36. The van der Waals surface area contributed by atoms with Gasteiger partial charge in [0.2, 0.25) is 5.28 Å². The van der Waals surface area contributed by atoms with Crippen molar-refractivity contribution in [3.8, 4) is 11.3 Å². The summed E-state index contributed by atoms with van der Waals surface area (Å²) < 4.78 is 9.26. The molecule has 0 spiro atoms. The first-order valence-corrected chi connectivity index (χ1v) is 10.6. The van der Waals surface area contributed by atoms with Crippen molar-refractivity contribution in [1.29, 1.82) is 0 Å². The molecule has 3 nitrogen and oxygen atoms in total. The molecule has 0 radical (unpaired) electrons. The molecule has 6 heteroatoms. The molecule has 0 unspecified atom stereocenters. The van der Waals surface area contributed by atoms with Gasteiger partial charge in [0.1, 0.15) is 11.2 Å². The second-order valence-corrected chi connectivity index (χ2v) is 8.84. The van der Waals surface area contributed by atoms with Crippen molar-refractivity contribution in [1.82, 2.24) is 9.97 Å². The fourth-order valence-corrected chi connectivity index (χ4v) is 5.61. The van der Waals surface area contributed by atoms with Crippen LogP contribution < -0.4 is 0 Å². The molecule has 0 saturated heterocycles. The standard InChI is InChI=1S/C22H10BrClN2OS/c23-11-8-9-13-17(10-11)28-21-19(13)25-22(24)26-20(21)14-5-3-7-16-18(14)12-4-1-2-6-15(12)27-16/h1-10H. The zero-order valence-corrected chi connectivity index (χ0v) is 17.4. The van der Waals surface area contributed by atoms with Crippen LogP contribution in [0.25, 0.3) is 53.5 Å². The zero-order chi connectivity index (χ0) is 18.8. The Kier molecular flexibility index (Phi) is 3.54. The maximum Gasteiger partial charge on any atom is 0.223 e. The van der Waals surface area contributed by atoms with E-state index in [9.17, 15) is 0 Å². The number of aromatic nitrogens is 2.